The average Bonchev–Trinajstić information content (AvgIpc) is 2.08. The number of aliphatic hydroxyl groups is 4. The minimum atomic E-state index is -1.35. The quantitative estimate of drug-likeness (QED) is 0.288. The van der Waals surface area contributed by atoms with Gasteiger partial charge in [0.05, 0.1) is 12.6 Å². The fourth-order valence-electron chi connectivity index (χ4n) is 1.12. The molecule has 1 aliphatic rings. The first-order valence-corrected chi connectivity index (χ1v) is 3.64. The van der Waals surface area contributed by atoms with E-state index in [0.29, 0.717) is 0 Å². The van der Waals surface area contributed by atoms with Crippen LogP contribution in [0, 0.1) is 0 Å². The number of rotatable bonds is 1. The van der Waals surface area contributed by atoms with E-state index in [1.165, 1.54) is 0 Å². The molecule has 6 heteroatoms. The molecular formula is C6H13NO5. The molecule has 0 amide bonds. The normalized spacial score (nSPS) is 49.2. The first kappa shape index (κ1) is 9.85. The summed E-state index contributed by atoms with van der Waals surface area (Å²) in [5, 5.41) is 36.1. The van der Waals surface area contributed by atoms with Crippen LogP contribution >= 0.6 is 0 Å². The van der Waals surface area contributed by atoms with Crippen LogP contribution in [0.1, 0.15) is 0 Å². The molecule has 0 aromatic carbocycles. The van der Waals surface area contributed by atoms with E-state index in [0.717, 1.165) is 0 Å². The van der Waals surface area contributed by atoms with Gasteiger partial charge in [-0.3, -0.25) is 0 Å². The Hall–Kier alpha value is -0.240. The lowest BCUT2D eigenvalue weighted by Gasteiger charge is -2.38. The zero-order valence-corrected chi connectivity index (χ0v) is 6.37. The molecule has 72 valence electrons. The average molecular weight is 179 g/mol. The monoisotopic (exact) mass is 179 g/mol. The van der Waals surface area contributed by atoms with E-state index < -0.39 is 37.3 Å². The maximum atomic E-state index is 9.20. The van der Waals surface area contributed by atoms with Gasteiger partial charge in [0, 0.05) is 0 Å². The molecule has 1 rings (SSSR count). The Bertz CT molecular complexity index is 150. The summed E-state index contributed by atoms with van der Waals surface area (Å²) >= 11 is 0. The molecule has 6 nitrogen and oxygen atoms in total. The molecule has 0 aliphatic carbocycles. The lowest BCUT2D eigenvalue weighted by molar-refractivity contribution is -0.248. The van der Waals surface area contributed by atoms with Crippen LogP contribution in [0.4, 0.5) is 0 Å². The van der Waals surface area contributed by atoms with Gasteiger partial charge in [-0.1, -0.05) is 0 Å². The molecule has 1 unspecified atom stereocenters. The van der Waals surface area contributed by atoms with E-state index in [9.17, 15) is 10.2 Å². The summed E-state index contributed by atoms with van der Waals surface area (Å²) in [4.78, 5) is 0. The van der Waals surface area contributed by atoms with Crippen LogP contribution in [0.3, 0.4) is 0 Å². The molecule has 5 atom stereocenters. The van der Waals surface area contributed by atoms with Crippen molar-refractivity contribution in [2.24, 2.45) is 5.73 Å². The topological polar surface area (TPSA) is 116 Å². The molecule has 0 aromatic heterocycles. The van der Waals surface area contributed by atoms with Crippen molar-refractivity contribution in [2.45, 2.75) is 30.6 Å². The predicted molar refractivity (Wildman–Crippen MR) is 38.0 cm³/mol. The van der Waals surface area contributed by atoms with Gasteiger partial charge in [0.2, 0.25) is 0 Å². The van der Waals surface area contributed by atoms with E-state index in [-0.39, 0.29) is 0 Å². The zero-order chi connectivity index (χ0) is 9.30. The van der Waals surface area contributed by atoms with Crippen LogP contribution in [0.2, 0.25) is 0 Å². The minimum absolute atomic E-state index is 0.470. The molecule has 0 spiro atoms. The highest BCUT2D eigenvalue weighted by Crippen LogP contribution is 2.17. The van der Waals surface area contributed by atoms with Crippen LogP contribution in [0.5, 0.6) is 0 Å². The highest BCUT2D eigenvalue weighted by atomic mass is 16.6. The van der Waals surface area contributed by atoms with E-state index in [4.69, 9.17) is 20.7 Å². The van der Waals surface area contributed by atoms with E-state index >= 15 is 0 Å². The van der Waals surface area contributed by atoms with Crippen molar-refractivity contribution >= 4 is 0 Å². The first-order chi connectivity index (χ1) is 5.57. The van der Waals surface area contributed by atoms with Crippen molar-refractivity contribution < 1.29 is 25.2 Å². The third-order valence-corrected chi connectivity index (χ3v) is 1.95. The second-order valence-electron chi connectivity index (χ2n) is 2.81. The highest BCUT2D eigenvalue weighted by Gasteiger charge is 2.41. The third kappa shape index (κ3) is 1.58. The Morgan fingerprint density at radius 2 is 1.75 bits per heavy atom. The highest BCUT2D eigenvalue weighted by molar-refractivity contribution is 4.90. The fraction of sp³-hybridized carbons (Fsp3) is 1.00. The van der Waals surface area contributed by atoms with Gasteiger partial charge in [-0.2, -0.15) is 0 Å². The Kier molecular flexibility index (Phi) is 2.99. The second kappa shape index (κ2) is 3.65. The molecular weight excluding hydrogens is 166 g/mol. The number of ether oxygens (including phenoxy) is 1. The standard InChI is InChI=1S/C6H13NO5/c7-3-5(10)4(9)2(1-8)12-6(3)11/h2-6,8-11H,1,7H2/t2?,3-,4-,5-,6+/m1/s1. The lowest BCUT2D eigenvalue weighted by Crippen LogP contribution is -2.61. The molecule has 1 heterocycles. The maximum Gasteiger partial charge on any atom is 0.173 e. The van der Waals surface area contributed by atoms with Gasteiger partial charge in [-0.25, -0.2) is 0 Å². The van der Waals surface area contributed by atoms with Crippen LogP contribution in [-0.4, -0.2) is 57.7 Å². The SMILES string of the molecule is N[C@@H]1[C@@H](O)[C@H](O)C(CO)O[C@@H]1O. The van der Waals surface area contributed by atoms with E-state index in [1.807, 2.05) is 0 Å². The molecule has 0 bridgehead atoms. The lowest BCUT2D eigenvalue weighted by atomic mass is 9.98. The molecule has 0 aromatic rings. The van der Waals surface area contributed by atoms with Crippen molar-refractivity contribution in [3.63, 3.8) is 0 Å². The van der Waals surface area contributed by atoms with Gasteiger partial charge in [-0.15, -0.1) is 0 Å². The molecule has 12 heavy (non-hydrogen) atoms. The number of hydrogen-bond donors (Lipinski definition) is 5. The minimum Gasteiger partial charge on any atom is -0.394 e. The van der Waals surface area contributed by atoms with Gasteiger partial charge in [0.15, 0.2) is 6.29 Å². The zero-order valence-electron chi connectivity index (χ0n) is 6.37. The number of nitrogens with two attached hydrogens (primary N) is 1. The summed E-state index contributed by atoms with van der Waals surface area (Å²) in [7, 11) is 0. The molecule has 6 N–H and O–H groups in total. The first-order valence-electron chi connectivity index (χ1n) is 3.64. The van der Waals surface area contributed by atoms with Crippen molar-refractivity contribution in [1.29, 1.82) is 0 Å². The van der Waals surface area contributed by atoms with Crippen molar-refractivity contribution in [1.82, 2.24) is 0 Å². The Morgan fingerprint density at radius 1 is 1.17 bits per heavy atom. The maximum absolute atomic E-state index is 9.20. The van der Waals surface area contributed by atoms with Gasteiger partial charge in [0.1, 0.15) is 18.3 Å². The van der Waals surface area contributed by atoms with Crippen LogP contribution < -0.4 is 5.73 Å². The third-order valence-electron chi connectivity index (χ3n) is 1.95. The molecule has 0 saturated carbocycles. The van der Waals surface area contributed by atoms with Crippen molar-refractivity contribution in [3.8, 4) is 0 Å². The van der Waals surface area contributed by atoms with E-state index in [1.54, 1.807) is 0 Å². The van der Waals surface area contributed by atoms with Crippen molar-refractivity contribution in [3.05, 3.63) is 0 Å². The van der Waals surface area contributed by atoms with Gasteiger partial charge < -0.3 is 30.9 Å². The summed E-state index contributed by atoms with van der Waals surface area (Å²) in [5.74, 6) is 0. The van der Waals surface area contributed by atoms with Crippen LogP contribution in [0.25, 0.3) is 0 Å². The molecule has 1 fully saturated rings. The Labute approximate surface area is 69.2 Å². The van der Waals surface area contributed by atoms with Gasteiger partial charge in [0.25, 0.3) is 0 Å². The summed E-state index contributed by atoms with van der Waals surface area (Å²) in [6.07, 6.45) is -4.85. The summed E-state index contributed by atoms with van der Waals surface area (Å²) in [6.45, 7) is -0.470. The summed E-state index contributed by atoms with van der Waals surface area (Å²) in [6, 6.07) is -1.04. The molecule has 0 radical (unpaired) electrons. The van der Waals surface area contributed by atoms with Crippen molar-refractivity contribution in [2.75, 3.05) is 6.61 Å². The number of hydrogen-bond acceptors (Lipinski definition) is 6. The summed E-state index contributed by atoms with van der Waals surface area (Å²) in [5.41, 5.74) is 5.26. The predicted octanol–water partition coefficient (Wildman–Crippen LogP) is -3.26. The number of aliphatic hydroxyl groups excluding tert-OH is 4. The van der Waals surface area contributed by atoms with Gasteiger partial charge >= 0.3 is 0 Å². The molecule has 1 saturated heterocycles. The Morgan fingerprint density at radius 3 is 2.25 bits per heavy atom. The van der Waals surface area contributed by atoms with E-state index in [2.05, 4.69) is 0 Å². The van der Waals surface area contributed by atoms with Gasteiger partial charge in [-0.05, 0) is 0 Å². The molecule has 1 aliphatic heterocycles. The smallest absolute Gasteiger partial charge is 0.173 e. The fourth-order valence-corrected chi connectivity index (χ4v) is 1.12. The Balaban J connectivity index is 2.63. The summed E-state index contributed by atoms with van der Waals surface area (Å²) < 4.78 is 4.70. The largest absolute Gasteiger partial charge is 0.394 e. The van der Waals surface area contributed by atoms with Crippen LogP contribution in [-0.2, 0) is 4.74 Å². The van der Waals surface area contributed by atoms with Crippen LogP contribution in [0.15, 0.2) is 0 Å². The second-order valence-corrected chi connectivity index (χ2v) is 2.81.